The minimum atomic E-state index is 0.604. The molecule has 0 aromatic carbocycles. The van der Waals surface area contributed by atoms with Crippen LogP contribution >= 0.6 is 0 Å². The van der Waals surface area contributed by atoms with Gasteiger partial charge in [0.2, 0.25) is 0 Å². The van der Waals surface area contributed by atoms with E-state index in [0.717, 1.165) is 0 Å². The molecule has 1 aliphatic heterocycles. The average molecular weight is 196 g/mol. The summed E-state index contributed by atoms with van der Waals surface area (Å²) in [6, 6.07) is 0. The van der Waals surface area contributed by atoms with E-state index in [1.54, 1.807) is 0 Å². The van der Waals surface area contributed by atoms with Crippen LogP contribution in [0.2, 0.25) is 0 Å². The van der Waals surface area contributed by atoms with Crippen molar-refractivity contribution in [2.75, 3.05) is 32.7 Å². The van der Waals surface area contributed by atoms with E-state index >= 15 is 0 Å². The van der Waals surface area contributed by atoms with Crippen molar-refractivity contribution in [3.63, 3.8) is 0 Å². The first-order chi connectivity index (χ1) is 6.60. The van der Waals surface area contributed by atoms with Crippen LogP contribution in [0.1, 0.15) is 33.6 Å². The van der Waals surface area contributed by atoms with Crippen molar-refractivity contribution in [1.29, 1.82) is 0 Å². The summed E-state index contributed by atoms with van der Waals surface area (Å²) >= 11 is 0. The molecule has 0 radical (unpaired) electrons. The van der Waals surface area contributed by atoms with Gasteiger partial charge < -0.3 is 10.2 Å². The van der Waals surface area contributed by atoms with Crippen LogP contribution in [0, 0.1) is 10.8 Å². The van der Waals surface area contributed by atoms with Crippen molar-refractivity contribution in [2.45, 2.75) is 33.6 Å². The van der Waals surface area contributed by atoms with Gasteiger partial charge in [0, 0.05) is 32.7 Å². The maximum absolute atomic E-state index is 3.42. The van der Waals surface area contributed by atoms with Gasteiger partial charge in [-0.15, -0.1) is 0 Å². The first kappa shape index (κ1) is 10.4. The fraction of sp³-hybridized carbons (Fsp3) is 1.00. The smallest absolute Gasteiger partial charge is 0.0108 e. The third kappa shape index (κ3) is 1.70. The van der Waals surface area contributed by atoms with E-state index in [1.165, 1.54) is 45.6 Å². The van der Waals surface area contributed by atoms with Gasteiger partial charge in [0.15, 0.2) is 0 Å². The molecule has 2 aliphatic rings. The minimum absolute atomic E-state index is 0.604. The molecule has 2 rings (SSSR count). The van der Waals surface area contributed by atoms with Crippen molar-refractivity contribution in [3.8, 4) is 0 Å². The summed E-state index contributed by atoms with van der Waals surface area (Å²) in [5.74, 6) is 0. The van der Waals surface area contributed by atoms with Gasteiger partial charge in [0.05, 0.1) is 0 Å². The normalized spacial score (nSPS) is 37.1. The average Bonchev–Trinajstić information content (AvgIpc) is 2.70. The quantitative estimate of drug-likeness (QED) is 0.739. The molecule has 1 atom stereocenters. The second kappa shape index (κ2) is 3.49. The van der Waals surface area contributed by atoms with Crippen LogP contribution in [0.5, 0.6) is 0 Å². The van der Waals surface area contributed by atoms with Gasteiger partial charge in [-0.3, -0.25) is 0 Å². The van der Waals surface area contributed by atoms with E-state index in [9.17, 15) is 0 Å². The van der Waals surface area contributed by atoms with Crippen molar-refractivity contribution in [3.05, 3.63) is 0 Å². The lowest BCUT2D eigenvalue weighted by molar-refractivity contribution is 0.172. The number of nitrogens with one attached hydrogen (secondary N) is 1. The van der Waals surface area contributed by atoms with Crippen LogP contribution < -0.4 is 5.32 Å². The second-order valence-corrected chi connectivity index (χ2v) is 5.72. The van der Waals surface area contributed by atoms with E-state index in [1.807, 2.05) is 0 Å². The molecule has 0 amide bonds. The second-order valence-electron chi connectivity index (χ2n) is 5.72. The van der Waals surface area contributed by atoms with Gasteiger partial charge in [-0.2, -0.15) is 0 Å². The van der Waals surface area contributed by atoms with Crippen LogP contribution in [-0.4, -0.2) is 37.6 Å². The van der Waals surface area contributed by atoms with Gasteiger partial charge in [-0.25, -0.2) is 0 Å². The molecule has 1 N–H and O–H groups in total. The molecule has 82 valence electrons. The maximum Gasteiger partial charge on any atom is 0.0108 e. The lowest BCUT2D eigenvalue weighted by atomic mass is 9.92. The molecular formula is C12H24N2. The first-order valence-electron chi connectivity index (χ1n) is 6.03. The lowest BCUT2D eigenvalue weighted by Crippen LogP contribution is -2.46. The number of nitrogens with zero attached hydrogens (tertiary/aromatic N) is 1. The summed E-state index contributed by atoms with van der Waals surface area (Å²) in [6.45, 7) is 13.4. The Morgan fingerprint density at radius 3 is 2.21 bits per heavy atom. The van der Waals surface area contributed by atoms with E-state index in [4.69, 9.17) is 0 Å². The van der Waals surface area contributed by atoms with E-state index < -0.39 is 0 Å². The van der Waals surface area contributed by atoms with Gasteiger partial charge in [-0.1, -0.05) is 20.8 Å². The molecule has 1 aliphatic carbocycles. The van der Waals surface area contributed by atoms with Gasteiger partial charge in [0.25, 0.3) is 0 Å². The molecular weight excluding hydrogens is 172 g/mol. The zero-order valence-corrected chi connectivity index (χ0v) is 9.90. The van der Waals surface area contributed by atoms with E-state index in [-0.39, 0.29) is 0 Å². The van der Waals surface area contributed by atoms with Crippen molar-refractivity contribution in [1.82, 2.24) is 10.2 Å². The third-order valence-electron chi connectivity index (χ3n) is 4.50. The Hall–Kier alpha value is -0.0800. The molecule has 2 heteroatoms. The SMILES string of the molecule is CCC1(CN2CCNCC2)CC1(C)C. The number of piperazine rings is 1. The molecule has 2 nitrogen and oxygen atoms in total. The fourth-order valence-electron chi connectivity index (χ4n) is 3.08. The highest BCUT2D eigenvalue weighted by molar-refractivity contribution is 5.10. The van der Waals surface area contributed by atoms with Crippen LogP contribution in [0.25, 0.3) is 0 Å². The number of hydrogen-bond donors (Lipinski definition) is 1. The third-order valence-corrected chi connectivity index (χ3v) is 4.50. The predicted octanol–water partition coefficient (Wildman–Crippen LogP) is 1.72. The monoisotopic (exact) mass is 196 g/mol. The highest BCUT2D eigenvalue weighted by atomic mass is 15.2. The fourth-order valence-corrected chi connectivity index (χ4v) is 3.08. The Morgan fingerprint density at radius 2 is 1.79 bits per heavy atom. The Bertz CT molecular complexity index is 206. The molecule has 1 unspecified atom stereocenters. The summed E-state index contributed by atoms with van der Waals surface area (Å²) in [6.07, 6.45) is 2.78. The van der Waals surface area contributed by atoms with E-state index in [0.29, 0.717) is 10.8 Å². The summed E-state index contributed by atoms with van der Waals surface area (Å²) in [5, 5.41) is 3.42. The Labute approximate surface area is 88.1 Å². The summed E-state index contributed by atoms with van der Waals surface area (Å²) < 4.78 is 0. The Morgan fingerprint density at radius 1 is 1.21 bits per heavy atom. The highest BCUT2D eigenvalue weighted by Gasteiger charge is 2.59. The molecule has 2 fully saturated rings. The zero-order chi connectivity index (χ0) is 10.2. The topological polar surface area (TPSA) is 15.3 Å². The van der Waals surface area contributed by atoms with Crippen LogP contribution in [0.15, 0.2) is 0 Å². The van der Waals surface area contributed by atoms with Crippen molar-refractivity contribution in [2.24, 2.45) is 10.8 Å². The predicted molar refractivity (Wildman–Crippen MR) is 60.4 cm³/mol. The maximum atomic E-state index is 3.42. The molecule has 0 aromatic rings. The Balaban J connectivity index is 1.89. The van der Waals surface area contributed by atoms with Gasteiger partial charge >= 0.3 is 0 Å². The summed E-state index contributed by atoms with van der Waals surface area (Å²) in [4.78, 5) is 2.65. The van der Waals surface area contributed by atoms with Gasteiger partial charge in [-0.05, 0) is 23.7 Å². The first-order valence-corrected chi connectivity index (χ1v) is 6.03. The Kier molecular flexibility index (Phi) is 2.61. The van der Waals surface area contributed by atoms with Crippen molar-refractivity contribution < 1.29 is 0 Å². The molecule has 0 bridgehead atoms. The number of rotatable bonds is 3. The molecule has 1 heterocycles. The largest absolute Gasteiger partial charge is 0.314 e. The number of hydrogen-bond acceptors (Lipinski definition) is 2. The highest BCUT2D eigenvalue weighted by Crippen LogP contribution is 2.65. The standard InChI is InChI=1S/C12H24N2/c1-4-12(9-11(12,2)3)10-14-7-5-13-6-8-14/h13H,4-10H2,1-3H3. The summed E-state index contributed by atoms with van der Waals surface area (Å²) in [5.41, 5.74) is 1.25. The van der Waals surface area contributed by atoms with Crippen LogP contribution in [-0.2, 0) is 0 Å². The molecule has 14 heavy (non-hydrogen) atoms. The molecule has 1 saturated carbocycles. The lowest BCUT2D eigenvalue weighted by Gasteiger charge is -2.32. The summed E-state index contributed by atoms with van der Waals surface area (Å²) in [7, 11) is 0. The van der Waals surface area contributed by atoms with Crippen LogP contribution in [0.3, 0.4) is 0 Å². The zero-order valence-electron chi connectivity index (χ0n) is 9.90. The van der Waals surface area contributed by atoms with Crippen molar-refractivity contribution >= 4 is 0 Å². The van der Waals surface area contributed by atoms with Crippen LogP contribution in [0.4, 0.5) is 0 Å². The molecule has 0 aromatic heterocycles. The molecule has 1 saturated heterocycles. The van der Waals surface area contributed by atoms with E-state index in [2.05, 4.69) is 31.0 Å². The minimum Gasteiger partial charge on any atom is -0.314 e. The van der Waals surface area contributed by atoms with Gasteiger partial charge in [0.1, 0.15) is 0 Å². The molecule has 0 spiro atoms.